The Morgan fingerprint density at radius 1 is 1.04 bits per heavy atom. The fourth-order valence-electron chi connectivity index (χ4n) is 2.87. The molecule has 0 fully saturated rings. The smallest absolute Gasteiger partial charge is 0.191 e. The summed E-state index contributed by atoms with van der Waals surface area (Å²) < 4.78 is 10.9. The summed E-state index contributed by atoms with van der Waals surface area (Å²) >= 11 is 0. The van der Waals surface area contributed by atoms with Gasteiger partial charge in [0.05, 0.1) is 6.61 Å². The van der Waals surface area contributed by atoms with Crippen LogP contribution in [0.2, 0.25) is 0 Å². The van der Waals surface area contributed by atoms with Gasteiger partial charge >= 0.3 is 0 Å². The zero-order chi connectivity index (χ0) is 20.6. The Hall–Kier alpha value is -1.79. The molecule has 6 nitrogen and oxygen atoms in total. The maximum Gasteiger partial charge on any atom is 0.191 e. The lowest BCUT2D eigenvalue weighted by Gasteiger charge is -2.15. The Balaban J connectivity index is 2.30. The molecule has 0 aliphatic carbocycles. The summed E-state index contributed by atoms with van der Waals surface area (Å²) in [6, 6.07) is 6.28. The van der Waals surface area contributed by atoms with Crippen LogP contribution in [0.5, 0.6) is 5.75 Å². The molecule has 0 heterocycles. The van der Waals surface area contributed by atoms with E-state index in [0.29, 0.717) is 19.8 Å². The molecule has 0 bridgehead atoms. The Morgan fingerprint density at radius 3 is 2.50 bits per heavy atom. The predicted molar refractivity (Wildman–Crippen MR) is 118 cm³/mol. The van der Waals surface area contributed by atoms with Gasteiger partial charge in [-0.1, -0.05) is 31.4 Å². The van der Waals surface area contributed by atoms with Crippen LogP contribution in [0.4, 0.5) is 0 Å². The van der Waals surface area contributed by atoms with Gasteiger partial charge in [-0.05, 0) is 52.0 Å². The summed E-state index contributed by atoms with van der Waals surface area (Å²) in [7, 11) is 7.75. The van der Waals surface area contributed by atoms with E-state index in [2.05, 4.69) is 59.7 Å². The number of benzene rings is 1. The maximum absolute atomic E-state index is 5.86. The number of hydrogen-bond acceptors (Lipinski definition) is 4. The largest absolute Gasteiger partial charge is 0.491 e. The topological polar surface area (TPSA) is 58.1 Å². The summed E-state index contributed by atoms with van der Waals surface area (Å²) in [5, 5.41) is 6.78. The second-order valence-corrected chi connectivity index (χ2v) is 7.38. The number of hydrogen-bond donors (Lipinski definition) is 2. The van der Waals surface area contributed by atoms with E-state index < -0.39 is 0 Å². The van der Waals surface area contributed by atoms with E-state index in [4.69, 9.17) is 9.47 Å². The molecular formula is C22H40N4O2. The molecule has 0 saturated carbocycles. The molecule has 0 atom stereocenters. The lowest BCUT2D eigenvalue weighted by Crippen LogP contribution is -2.37. The molecule has 0 aliphatic rings. The molecule has 0 aliphatic heterocycles. The second-order valence-electron chi connectivity index (χ2n) is 7.38. The highest BCUT2D eigenvalue weighted by molar-refractivity contribution is 5.79. The minimum absolute atomic E-state index is 0.550. The summed E-state index contributed by atoms with van der Waals surface area (Å²) in [4.78, 5) is 6.57. The van der Waals surface area contributed by atoms with E-state index in [9.17, 15) is 0 Å². The monoisotopic (exact) mass is 392 g/mol. The third-order valence-corrected chi connectivity index (χ3v) is 4.51. The third kappa shape index (κ3) is 11.1. The van der Waals surface area contributed by atoms with Crippen molar-refractivity contribution in [2.45, 2.75) is 45.6 Å². The summed E-state index contributed by atoms with van der Waals surface area (Å²) in [5.41, 5.74) is 2.30. The minimum Gasteiger partial charge on any atom is -0.491 e. The highest BCUT2D eigenvalue weighted by Gasteiger charge is 2.06. The first-order valence-electron chi connectivity index (χ1n) is 10.4. The second kappa shape index (κ2) is 15.2. The molecule has 0 amide bonds. The van der Waals surface area contributed by atoms with Crippen LogP contribution in [0.3, 0.4) is 0 Å². The number of guanidine groups is 1. The first-order chi connectivity index (χ1) is 13.6. The van der Waals surface area contributed by atoms with Crippen LogP contribution in [-0.4, -0.2) is 65.4 Å². The van der Waals surface area contributed by atoms with E-state index in [1.807, 2.05) is 7.05 Å². The molecule has 0 saturated heterocycles. The van der Waals surface area contributed by atoms with Crippen LogP contribution in [0.25, 0.3) is 0 Å². The molecule has 0 spiro atoms. The number of nitrogens with zero attached hydrogens (tertiary/aromatic N) is 2. The molecule has 1 rings (SSSR count). The van der Waals surface area contributed by atoms with Gasteiger partial charge in [0, 0.05) is 32.8 Å². The standard InChI is InChI=1S/C22H40N4O2/c1-19-11-12-20(21(17-19)28-16-15-27-5)18-25-22(23-2)24-13-9-7-6-8-10-14-26(3)4/h11-12,17H,6-10,13-16,18H2,1-5H3,(H2,23,24,25). The lowest BCUT2D eigenvalue weighted by atomic mass is 10.1. The molecule has 1 aromatic carbocycles. The summed E-state index contributed by atoms with van der Waals surface area (Å²) in [5.74, 6) is 1.73. The Labute approximate surface area is 171 Å². The highest BCUT2D eigenvalue weighted by atomic mass is 16.5. The summed E-state index contributed by atoms with van der Waals surface area (Å²) in [6.07, 6.45) is 6.32. The number of aliphatic imine (C=N–C) groups is 1. The number of aryl methyl sites for hydroxylation is 1. The molecule has 0 aromatic heterocycles. The zero-order valence-corrected chi connectivity index (χ0v) is 18.5. The highest BCUT2D eigenvalue weighted by Crippen LogP contribution is 2.20. The first-order valence-corrected chi connectivity index (χ1v) is 10.4. The van der Waals surface area contributed by atoms with E-state index in [-0.39, 0.29) is 0 Å². The molecule has 0 unspecified atom stereocenters. The van der Waals surface area contributed by atoms with E-state index in [0.717, 1.165) is 23.8 Å². The number of unbranched alkanes of at least 4 members (excludes halogenated alkanes) is 4. The molecule has 0 radical (unpaired) electrons. The maximum atomic E-state index is 5.86. The van der Waals surface area contributed by atoms with Crippen molar-refractivity contribution in [3.05, 3.63) is 29.3 Å². The normalized spacial score (nSPS) is 11.7. The molecule has 2 N–H and O–H groups in total. The average Bonchev–Trinajstić information content (AvgIpc) is 2.67. The van der Waals surface area contributed by atoms with Gasteiger partial charge in [-0.15, -0.1) is 0 Å². The van der Waals surface area contributed by atoms with Gasteiger partial charge in [0.15, 0.2) is 5.96 Å². The molecule has 28 heavy (non-hydrogen) atoms. The van der Waals surface area contributed by atoms with E-state index >= 15 is 0 Å². The van der Waals surface area contributed by atoms with E-state index in [1.54, 1.807) is 7.11 Å². The summed E-state index contributed by atoms with van der Waals surface area (Å²) in [6.45, 7) is 6.01. The molecule has 160 valence electrons. The quantitative estimate of drug-likeness (QED) is 0.289. The van der Waals surface area contributed by atoms with Crippen LogP contribution in [0, 0.1) is 6.92 Å². The van der Waals surface area contributed by atoms with Crippen LogP contribution in [-0.2, 0) is 11.3 Å². The van der Waals surface area contributed by atoms with E-state index in [1.165, 1.54) is 44.2 Å². The fourth-order valence-corrected chi connectivity index (χ4v) is 2.87. The van der Waals surface area contributed by atoms with Gasteiger partial charge in [-0.3, -0.25) is 4.99 Å². The van der Waals surface area contributed by atoms with Crippen molar-refractivity contribution in [3.63, 3.8) is 0 Å². The van der Waals surface area contributed by atoms with Crippen LogP contribution < -0.4 is 15.4 Å². The average molecular weight is 393 g/mol. The van der Waals surface area contributed by atoms with Crippen molar-refractivity contribution in [1.82, 2.24) is 15.5 Å². The Kier molecular flexibility index (Phi) is 13.1. The van der Waals surface area contributed by atoms with Crippen LogP contribution in [0.15, 0.2) is 23.2 Å². The predicted octanol–water partition coefficient (Wildman–Crippen LogP) is 3.20. The number of rotatable bonds is 14. The van der Waals surface area contributed by atoms with Gasteiger partial charge in [0.2, 0.25) is 0 Å². The molecular weight excluding hydrogens is 352 g/mol. The molecule has 6 heteroatoms. The Morgan fingerprint density at radius 2 is 1.79 bits per heavy atom. The van der Waals surface area contributed by atoms with Crippen molar-refractivity contribution in [2.75, 3.05) is 54.6 Å². The SMILES string of the molecule is CN=C(NCCCCCCCN(C)C)NCc1ccc(C)cc1OCCOC. The fraction of sp³-hybridized carbons (Fsp3) is 0.682. The zero-order valence-electron chi connectivity index (χ0n) is 18.5. The van der Waals surface area contributed by atoms with Gasteiger partial charge in [0.25, 0.3) is 0 Å². The number of methoxy groups -OCH3 is 1. The van der Waals surface area contributed by atoms with Gasteiger partial charge in [-0.2, -0.15) is 0 Å². The van der Waals surface area contributed by atoms with Crippen LogP contribution >= 0.6 is 0 Å². The minimum atomic E-state index is 0.550. The number of nitrogens with one attached hydrogen (secondary N) is 2. The van der Waals surface area contributed by atoms with Gasteiger partial charge in [-0.25, -0.2) is 0 Å². The van der Waals surface area contributed by atoms with Crippen molar-refractivity contribution < 1.29 is 9.47 Å². The lowest BCUT2D eigenvalue weighted by molar-refractivity contribution is 0.145. The van der Waals surface area contributed by atoms with Crippen molar-refractivity contribution in [3.8, 4) is 5.75 Å². The Bertz CT molecular complexity index is 561. The van der Waals surface area contributed by atoms with Crippen LogP contribution in [0.1, 0.15) is 43.2 Å². The molecule has 1 aromatic rings. The third-order valence-electron chi connectivity index (χ3n) is 4.51. The van der Waals surface area contributed by atoms with Crippen molar-refractivity contribution in [1.29, 1.82) is 0 Å². The number of ether oxygens (including phenoxy) is 2. The van der Waals surface area contributed by atoms with Gasteiger partial charge in [0.1, 0.15) is 12.4 Å². The van der Waals surface area contributed by atoms with Crippen molar-refractivity contribution in [2.24, 2.45) is 4.99 Å². The first kappa shape index (κ1) is 24.2. The van der Waals surface area contributed by atoms with Gasteiger partial charge < -0.3 is 25.0 Å². The van der Waals surface area contributed by atoms with Crippen molar-refractivity contribution >= 4 is 5.96 Å².